The maximum absolute atomic E-state index is 13.1. The van der Waals surface area contributed by atoms with Gasteiger partial charge in [-0.3, -0.25) is 4.40 Å². The number of nitrogens with zero attached hydrogens (tertiary/aromatic N) is 5. The lowest BCUT2D eigenvalue weighted by atomic mass is 10.1. The van der Waals surface area contributed by atoms with Gasteiger partial charge in [0.15, 0.2) is 5.82 Å². The molecule has 0 unspecified atom stereocenters. The summed E-state index contributed by atoms with van der Waals surface area (Å²) in [5.41, 5.74) is 6.22. The van der Waals surface area contributed by atoms with Crippen LogP contribution in [0.1, 0.15) is 12.8 Å². The van der Waals surface area contributed by atoms with Crippen molar-refractivity contribution in [2.75, 3.05) is 23.7 Å². The summed E-state index contributed by atoms with van der Waals surface area (Å²) in [7, 11) is 0. The predicted molar refractivity (Wildman–Crippen MR) is 61.6 cm³/mol. The van der Waals surface area contributed by atoms with Crippen molar-refractivity contribution in [3.63, 3.8) is 0 Å². The molecule has 1 aliphatic heterocycles. The van der Waals surface area contributed by atoms with Gasteiger partial charge in [-0.1, -0.05) is 0 Å². The molecular weight excluding hydrogens is 242 g/mol. The Balaban J connectivity index is 1.97. The fraction of sp³-hybridized carbons (Fsp3) is 0.500. The molecular formula is C10H12F2N6. The third-order valence-electron chi connectivity index (χ3n) is 3.07. The number of rotatable bonds is 1. The fourth-order valence-electron chi connectivity index (χ4n) is 2.10. The first kappa shape index (κ1) is 11.1. The average molecular weight is 254 g/mol. The third kappa shape index (κ3) is 1.83. The van der Waals surface area contributed by atoms with E-state index in [1.807, 2.05) is 0 Å². The second-order valence-electron chi connectivity index (χ2n) is 4.39. The number of nitrogens with two attached hydrogens (primary N) is 1. The van der Waals surface area contributed by atoms with Gasteiger partial charge >= 0.3 is 0 Å². The van der Waals surface area contributed by atoms with E-state index in [2.05, 4.69) is 15.2 Å². The Morgan fingerprint density at radius 3 is 2.72 bits per heavy atom. The third-order valence-corrected chi connectivity index (χ3v) is 3.07. The Hall–Kier alpha value is -1.99. The summed E-state index contributed by atoms with van der Waals surface area (Å²) in [5.74, 6) is -1.75. The number of hydrogen-bond acceptors (Lipinski definition) is 5. The molecule has 0 aliphatic carbocycles. The van der Waals surface area contributed by atoms with Crippen molar-refractivity contribution in [3.8, 4) is 0 Å². The van der Waals surface area contributed by atoms with Gasteiger partial charge in [0.05, 0.1) is 6.20 Å². The largest absolute Gasteiger partial charge is 0.382 e. The first-order chi connectivity index (χ1) is 8.55. The zero-order valence-corrected chi connectivity index (χ0v) is 9.55. The summed E-state index contributed by atoms with van der Waals surface area (Å²) in [6.07, 6.45) is 2.75. The number of fused-ring (bicyclic) bond motifs is 1. The highest BCUT2D eigenvalue weighted by atomic mass is 19.3. The number of alkyl halides is 2. The van der Waals surface area contributed by atoms with Gasteiger partial charge in [0.2, 0.25) is 5.65 Å². The molecule has 0 bridgehead atoms. The summed E-state index contributed by atoms with van der Waals surface area (Å²) in [6, 6.07) is 0. The first-order valence-corrected chi connectivity index (χ1v) is 5.64. The summed E-state index contributed by atoms with van der Waals surface area (Å²) < 4.78 is 27.9. The summed E-state index contributed by atoms with van der Waals surface area (Å²) in [6.45, 7) is 0.484. The molecule has 2 aromatic rings. The lowest BCUT2D eigenvalue weighted by molar-refractivity contribution is -0.0221. The van der Waals surface area contributed by atoms with Gasteiger partial charge in [0.1, 0.15) is 12.1 Å². The Morgan fingerprint density at radius 1 is 1.28 bits per heavy atom. The SMILES string of the molecule is Nc1cn2cnnc2c(N2CCC(F)(F)CC2)n1. The number of halogens is 2. The maximum Gasteiger partial charge on any atom is 0.251 e. The molecule has 0 aromatic carbocycles. The highest BCUT2D eigenvalue weighted by Gasteiger charge is 2.35. The standard InChI is InChI=1S/C10H12F2N6/c11-10(12)1-3-17(4-2-10)8-9-16-14-6-18(9)5-7(13)15-8/h5-6H,1-4,13H2. The maximum atomic E-state index is 13.1. The minimum Gasteiger partial charge on any atom is -0.382 e. The van der Waals surface area contributed by atoms with Crippen molar-refractivity contribution in [1.82, 2.24) is 19.6 Å². The van der Waals surface area contributed by atoms with Crippen LogP contribution in [-0.2, 0) is 0 Å². The number of aromatic nitrogens is 4. The number of anilines is 2. The van der Waals surface area contributed by atoms with Gasteiger partial charge < -0.3 is 10.6 Å². The van der Waals surface area contributed by atoms with Crippen molar-refractivity contribution in [3.05, 3.63) is 12.5 Å². The first-order valence-electron chi connectivity index (χ1n) is 5.64. The van der Waals surface area contributed by atoms with Gasteiger partial charge in [-0.25, -0.2) is 13.8 Å². The lowest BCUT2D eigenvalue weighted by Gasteiger charge is -2.32. The normalized spacial score (nSPS) is 19.3. The molecule has 1 fully saturated rings. The van der Waals surface area contributed by atoms with Crippen molar-refractivity contribution in [2.24, 2.45) is 0 Å². The Kier molecular flexibility index (Phi) is 2.32. The summed E-state index contributed by atoms with van der Waals surface area (Å²) in [5, 5.41) is 7.71. The quantitative estimate of drug-likeness (QED) is 0.820. The van der Waals surface area contributed by atoms with Crippen LogP contribution in [0.2, 0.25) is 0 Å². The zero-order valence-electron chi connectivity index (χ0n) is 9.55. The van der Waals surface area contributed by atoms with E-state index in [0.29, 0.717) is 17.3 Å². The molecule has 0 atom stereocenters. The second-order valence-corrected chi connectivity index (χ2v) is 4.39. The van der Waals surface area contributed by atoms with Gasteiger partial charge in [0.25, 0.3) is 5.92 Å². The van der Waals surface area contributed by atoms with Crippen LogP contribution in [0.5, 0.6) is 0 Å². The van der Waals surface area contributed by atoms with E-state index in [0.717, 1.165) is 0 Å². The van der Waals surface area contributed by atoms with Crippen LogP contribution in [0, 0.1) is 0 Å². The van der Waals surface area contributed by atoms with Crippen LogP contribution in [0.15, 0.2) is 12.5 Å². The number of nitrogen functional groups attached to an aromatic ring is 1. The topological polar surface area (TPSA) is 72.3 Å². The van der Waals surface area contributed by atoms with E-state index in [-0.39, 0.29) is 25.9 Å². The molecule has 1 saturated heterocycles. The highest BCUT2D eigenvalue weighted by molar-refractivity contribution is 5.65. The molecule has 0 amide bonds. The molecule has 0 radical (unpaired) electrons. The van der Waals surface area contributed by atoms with Gasteiger partial charge in [-0.15, -0.1) is 10.2 Å². The van der Waals surface area contributed by atoms with E-state index >= 15 is 0 Å². The van der Waals surface area contributed by atoms with Crippen molar-refractivity contribution in [1.29, 1.82) is 0 Å². The Labute approximate surface area is 101 Å². The van der Waals surface area contributed by atoms with Crippen LogP contribution >= 0.6 is 0 Å². The van der Waals surface area contributed by atoms with Gasteiger partial charge in [0, 0.05) is 25.9 Å². The average Bonchev–Trinajstić information content (AvgIpc) is 2.76. The van der Waals surface area contributed by atoms with Crippen LogP contribution < -0.4 is 10.6 Å². The Morgan fingerprint density at radius 2 is 2.00 bits per heavy atom. The lowest BCUT2D eigenvalue weighted by Crippen LogP contribution is -2.40. The van der Waals surface area contributed by atoms with Gasteiger partial charge in [-0.2, -0.15) is 0 Å². The summed E-state index contributed by atoms with van der Waals surface area (Å²) in [4.78, 5) is 5.96. The second kappa shape index (κ2) is 3.76. The molecule has 18 heavy (non-hydrogen) atoms. The number of piperidine rings is 1. The minimum atomic E-state index is -2.58. The molecule has 6 nitrogen and oxygen atoms in total. The molecule has 3 rings (SSSR count). The summed E-state index contributed by atoms with van der Waals surface area (Å²) >= 11 is 0. The zero-order chi connectivity index (χ0) is 12.8. The molecule has 2 aromatic heterocycles. The minimum absolute atomic E-state index is 0.177. The van der Waals surface area contributed by atoms with Crippen LogP contribution in [0.3, 0.4) is 0 Å². The van der Waals surface area contributed by atoms with Crippen molar-refractivity contribution >= 4 is 17.3 Å². The number of hydrogen-bond donors (Lipinski definition) is 1. The Bertz CT molecular complexity index is 571. The monoisotopic (exact) mass is 254 g/mol. The van der Waals surface area contributed by atoms with E-state index in [1.54, 1.807) is 15.5 Å². The van der Waals surface area contributed by atoms with Gasteiger partial charge in [-0.05, 0) is 0 Å². The smallest absolute Gasteiger partial charge is 0.251 e. The van der Waals surface area contributed by atoms with Crippen LogP contribution in [-0.4, -0.2) is 38.6 Å². The molecule has 2 N–H and O–H groups in total. The fourth-order valence-corrected chi connectivity index (χ4v) is 2.10. The van der Waals surface area contributed by atoms with Crippen LogP contribution in [0.25, 0.3) is 5.65 Å². The van der Waals surface area contributed by atoms with Crippen molar-refractivity contribution in [2.45, 2.75) is 18.8 Å². The van der Waals surface area contributed by atoms with Crippen molar-refractivity contribution < 1.29 is 8.78 Å². The molecule has 1 aliphatic rings. The molecule has 8 heteroatoms. The van der Waals surface area contributed by atoms with E-state index in [9.17, 15) is 8.78 Å². The predicted octanol–water partition coefficient (Wildman–Crippen LogP) is 0.942. The van der Waals surface area contributed by atoms with E-state index in [4.69, 9.17) is 5.73 Å². The van der Waals surface area contributed by atoms with Crippen LogP contribution in [0.4, 0.5) is 20.4 Å². The molecule has 0 saturated carbocycles. The highest BCUT2D eigenvalue weighted by Crippen LogP contribution is 2.31. The molecule has 0 spiro atoms. The molecule has 3 heterocycles. The van der Waals surface area contributed by atoms with E-state index < -0.39 is 5.92 Å². The van der Waals surface area contributed by atoms with E-state index in [1.165, 1.54) is 6.33 Å². The molecule has 96 valence electrons.